The Morgan fingerprint density at radius 1 is 1.21 bits per heavy atom. The van der Waals surface area contributed by atoms with Gasteiger partial charge in [-0.25, -0.2) is 9.37 Å². The van der Waals surface area contributed by atoms with Crippen molar-refractivity contribution in [1.29, 1.82) is 0 Å². The number of hydrogen-bond donors (Lipinski definition) is 3. The van der Waals surface area contributed by atoms with Crippen LogP contribution in [0.3, 0.4) is 0 Å². The summed E-state index contributed by atoms with van der Waals surface area (Å²) in [4.78, 5) is 17.1. The van der Waals surface area contributed by atoms with E-state index in [1.807, 2.05) is 0 Å². The number of methoxy groups -OCH3 is 1. The van der Waals surface area contributed by atoms with Gasteiger partial charge in [0.1, 0.15) is 24.7 Å². The lowest BCUT2D eigenvalue weighted by Gasteiger charge is -2.31. The number of ketones is 1. The van der Waals surface area contributed by atoms with Gasteiger partial charge < -0.3 is 30.2 Å². The molecule has 8 nitrogen and oxygen atoms in total. The number of Topliss-reactive ketones (excluding diaryl/α,β-unsaturated/α-hetero) is 1. The number of aromatic nitrogens is 1. The average Bonchev–Trinajstić information content (AvgIpc) is 3.24. The van der Waals surface area contributed by atoms with Crippen LogP contribution in [0.4, 0.5) is 17.6 Å². The van der Waals surface area contributed by atoms with Gasteiger partial charge in [0.2, 0.25) is 5.60 Å². The first-order chi connectivity index (χ1) is 19.6. The molecule has 0 radical (unpaired) electrons. The van der Waals surface area contributed by atoms with Crippen LogP contribution >= 0.6 is 11.6 Å². The zero-order valence-electron chi connectivity index (χ0n) is 22.9. The molecule has 3 aromatic rings. The van der Waals surface area contributed by atoms with E-state index in [2.05, 4.69) is 4.98 Å². The van der Waals surface area contributed by atoms with Crippen LogP contribution in [0.15, 0.2) is 42.5 Å². The van der Waals surface area contributed by atoms with Gasteiger partial charge >= 0.3 is 6.18 Å². The molecule has 3 atom stereocenters. The van der Waals surface area contributed by atoms with E-state index in [4.69, 9.17) is 31.5 Å². The Morgan fingerprint density at radius 3 is 2.55 bits per heavy atom. The molecular formula is C29H29ClF4N2O6. The fraction of sp³-hybridized carbons (Fsp3) is 0.379. The number of carbonyl (C=O) groups excluding carboxylic acids is 1. The monoisotopic (exact) mass is 612 g/mol. The van der Waals surface area contributed by atoms with Crippen molar-refractivity contribution in [1.82, 2.24) is 4.98 Å². The summed E-state index contributed by atoms with van der Waals surface area (Å²) in [5, 5.41) is 20.4. The molecule has 226 valence electrons. The fourth-order valence-electron chi connectivity index (χ4n) is 4.48. The minimum atomic E-state index is -5.27. The molecule has 2 aromatic carbocycles. The number of rotatable bonds is 10. The average molecular weight is 613 g/mol. The summed E-state index contributed by atoms with van der Waals surface area (Å²) in [5.74, 6) is -1.14. The highest BCUT2D eigenvalue weighted by Gasteiger charge is 2.56. The van der Waals surface area contributed by atoms with Crippen LogP contribution in [-0.4, -0.2) is 53.6 Å². The van der Waals surface area contributed by atoms with Crippen LogP contribution in [0.5, 0.6) is 17.2 Å². The smallest absolute Gasteiger partial charge is 0.422 e. The number of alkyl halides is 3. The molecule has 42 heavy (non-hydrogen) atoms. The molecule has 2 unspecified atom stereocenters. The Kier molecular flexibility index (Phi) is 8.75. The van der Waals surface area contributed by atoms with Gasteiger partial charge in [0, 0.05) is 23.1 Å². The van der Waals surface area contributed by atoms with Gasteiger partial charge in [0.25, 0.3) is 0 Å². The summed E-state index contributed by atoms with van der Waals surface area (Å²) < 4.78 is 74.3. The second-order valence-corrected chi connectivity index (χ2v) is 10.8. The summed E-state index contributed by atoms with van der Waals surface area (Å²) in [6.07, 6.45) is -7.85. The topological polar surface area (TPSA) is 124 Å². The maximum absolute atomic E-state index is 14.6. The molecule has 2 heterocycles. The molecule has 4 rings (SSSR count). The Morgan fingerprint density at radius 2 is 1.93 bits per heavy atom. The minimum absolute atomic E-state index is 0.0166. The molecular weight excluding hydrogens is 584 g/mol. The maximum atomic E-state index is 14.6. The maximum Gasteiger partial charge on any atom is 0.422 e. The number of nitrogens with zero attached hydrogens (tertiary/aromatic N) is 1. The SMILES string of the molecule is COc1cc(C(=O)CCC(O)(c2cc3c(c(-c4ccc(Cl)c(F)c4)n2)OCC3(C)N)C(F)(F)F)ccc1OC[C@@H](C)O. The molecule has 0 fully saturated rings. The van der Waals surface area contributed by atoms with E-state index in [1.165, 1.54) is 51.3 Å². The molecule has 0 saturated carbocycles. The van der Waals surface area contributed by atoms with E-state index >= 15 is 0 Å². The largest absolute Gasteiger partial charge is 0.493 e. The van der Waals surface area contributed by atoms with Crippen LogP contribution in [0.25, 0.3) is 11.3 Å². The number of aliphatic hydroxyl groups excluding tert-OH is 1. The van der Waals surface area contributed by atoms with Crippen molar-refractivity contribution in [3.63, 3.8) is 0 Å². The third-order valence-corrected chi connectivity index (χ3v) is 7.18. The fourth-order valence-corrected chi connectivity index (χ4v) is 4.60. The summed E-state index contributed by atoms with van der Waals surface area (Å²) in [7, 11) is 1.32. The number of pyridine rings is 1. The lowest BCUT2D eigenvalue weighted by atomic mass is 9.86. The third-order valence-electron chi connectivity index (χ3n) is 6.87. The standard InChI is InChI=1S/C29H29ClF4N2O6/c1-15(37)13-41-22-7-5-16(11-23(22)40-3)21(38)8-9-28(39,29(32,33)34)24-12-18-26(42-14-27(18,2)35)25(36-24)17-4-6-19(30)20(31)10-17/h4-7,10-12,15,37,39H,8-9,13-14,35H2,1-3H3/t15-,27?,28?/m1/s1. The van der Waals surface area contributed by atoms with Crippen LogP contribution in [0.1, 0.15) is 48.3 Å². The first-order valence-electron chi connectivity index (χ1n) is 12.8. The minimum Gasteiger partial charge on any atom is -0.493 e. The molecule has 1 aliphatic rings. The quantitative estimate of drug-likeness (QED) is 0.208. The van der Waals surface area contributed by atoms with Crippen molar-refractivity contribution in [3.8, 4) is 28.5 Å². The van der Waals surface area contributed by atoms with E-state index in [0.29, 0.717) is 0 Å². The Bertz CT molecular complexity index is 1500. The molecule has 0 bridgehead atoms. The molecule has 1 aromatic heterocycles. The van der Waals surface area contributed by atoms with Gasteiger partial charge in [-0.05, 0) is 56.7 Å². The number of fused-ring (bicyclic) bond motifs is 1. The molecule has 13 heteroatoms. The summed E-state index contributed by atoms with van der Waals surface area (Å²) in [6, 6.07) is 8.60. The first-order valence-corrected chi connectivity index (χ1v) is 13.2. The Hall–Kier alpha value is -3.45. The van der Waals surface area contributed by atoms with Crippen molar-refractivity contribution < 1.29 is 46.8 Å². The molecule has 0 aliphatic carbocycles. The van der Waals surface area contributed by atoms with E-state index < -0.39 is 53.6 Å². The van der Waals surface area contributed by atoms with E-state index in [9.17, 15) is 32.6 Å². The van der Waals surface area contributed by atoms with E-state index in [1.54, 1.807) is 0 Å². The normalized spacial score (nSPS) is 18.5. The predicted molar refractivity (Wildman–Crippen MR) is 145 cm³/mol. The van der Waals surface area contributed by atoms with Gasteiger partial charge in [0.05, 0.1) is 29.5 Å². The van der Waals surface area contributed by atoms with Gasteiger partial charge in [-0.1, -0.05) is 17.7 Å². The number of hydrogen-bond acceptors (Lipinski definition) is 8. The summed E-state index contributed by atoms with van der Waals surface area (Å²) >= 11 is 5.78. The van der Waals surface area contributed by atoms with Crippen molar-refractivity contribution >= 4 is 17.4 Å². The van der Waals surface area contributed by atoms with Crippen molar-refractivity contribution in [2.45, 2.75) is 50.1 Å². The zero-order chi connectivity index (χ0) is 31.0. The number of ether oxygens (including phenoxy) is 3. The van der Waals surface area contributed by atoms with Crippen molar-refractivity contribution in [3.05, 3.63) is 70.1 Å². The molecule has 4 N–H and O–H groups in total. The molecule has 0 spiro atoms. The van der Waals surface area contributed by atoms with Gasteiger partial charge in [-0.3, -0.25) is 4.79 Å². The lowest BCUT2D eigenvalue weighted by Crippen LogP contribution is -2.44. The Balaban J connectivity index is 1.72. The molecule has 0 amide bonds. The van der Waals surface area contributed by atoms with Crippen LogP contribution in [-0.2, 0) is 11.1 Å². The lowest BCUT2D eigenvalue weighted by molar-refractivity contribution is -0.270. The second kappa shape index (κ2) is 11.7. The number of carbonyl (C=O) groups is 1. The zero-order valence-corrected chi connectivity index (χ0v) is 23.6. The second-order valence-electron chi connectivity index (χ2n) is 10.4. The van der Waals surface area contributed by atoms with Crippen LogP contribution in [0, 0.1) is 5.82 Å². The number of aliphatic hydroxyl groups is 2. The van der Waals surface area contributed by atoms with Gasteiger partial charge in [0.15, 0.2) is 23.0 Å². The molecule has 1 aliphatic heterocycles. The van der Waals surface area contributed by atoms with Crippen molar-refractivity contribution in [2.75, 3.05) is 20.3 Å². The summed E-state index contributed by atoms with van der Waals surface area (Å²) in [6.45, 7) is 2.90. The first kappa shape index (κ1) is 31.5. The third kappa shape index (κ3) is 6.17. The van der Waals surface area contributed by atoms with E-state index in [-0.39, 0.29) is 57.9 Å². The van der Waals surface area contributed by atoms with Gasteiger partial charge in [-0.2, -0.15) is 13.2 Å². The summed E-state index contributed by atoms with van der Waals surface area (Å²) in [5.41, 5.74) is 0.663. The van der Waals surface area contributed by atoms with Crippen LogP contribution in [0.2, 0.25) is 5.02 Å². The highest BCUT2D eigenvalue weighted by atomic mass is 35.5. The number of benzene rings is 2. The van der Waals surface area contributed by atoms with E-state index in [0.717, 1.165) is 12.1 Å². The van der Waals surface area contributed by atoms with Gasteiger partial charge in [-0.15, -0.1) is 0 Å². The Labute approximate surface area is 244 Å². The predicted octanol–water partition coefficient (Wildman–Crippen LogP) is 5.29. The van der Waals surface area contributed by atoms with Crippen LogP contribution < -0.4 is 19.9 Å². The number of nitrogens with two attached hydrogens (primary N) is 1. The molecule has 0 saturated heterocycles. The highest BCUT2D eigenvalue weighted by Crippen LogP contribution is 2.48. The highest BCUT2D eigenvalue weighted by molar-refractivity contribution is 6.30. The number of halogens is 5. The van der Waals surface area contributed by atoms with Crippen molar-refractivity contribution in [2.24, 2.45) is 5.73 Å².